The van der Waals surface area contributed by atoms with Crippen molar-refractivity contribution >= 4 is 27.4 Å². The van der Waals surface area contributed by atoms with Crippen LogP contribution in [-0.4, -0.2) is 34.3 Å². The number of pyridine rings is 1. The van der Waals surface area contributed by atoms with Crippen molar-refractivity contribution in [1.82, 2.24) is 20.5 Å². The van der Waals surface area contributed by atoms with Gasteiger partial charge in [-0.25, -0.2) is 0 Å². The lowest BCUT2D eigenvalue weighted by atomic mass is 10.0. The number of piperidine rings is 1. The molecule has 4 heterocycles. The van der Waals surface area contributed by atoms with E-state index in [4.69, 9.17) is 0 Å². The SMILES string of the molecule is C[C@@H](N[C@@H]1CCCN(c2cccnn2)C1)c1cnc2ccsc2c1. The zero-order valence-corrected chi connectivity index (χ0v) is 14.5. The Morgan fingerprint density at radius 3 is 3.21 bits per heavy atom. The lowest BCUT2D eigenvalue weighted by molar-refractivity contribution is 0.386. The maximum atomic E-state index is 4.56. The molecule has 0 aliphatic carbocycles. The smallest absolute Gasteiger partial charge is 0.151 e. The van der Waals surface area contributed by atoms with Crippen LogP contribution in [-0.2, 0) is 0 Å². The minimum absolute atomic E-state index is 0.288. The second-order valence-corrected chi connectivity index (χ2v) is 7.28. The van der Waals surface area contributed by atoms with Crippen LogP contribution in [0.2, 0.25) is 0 Å². The molecule has 0 saturated carbocycles. The number of fused-ring (bicyclic) bond motifs is 1. The minimum Gasteiger partial charge on any atom is -0.354 e. The molecule has 1 fully saturated rings. The Kier molecular flexibility index (Phi) is 4.40. The summed E-state index contributed by atoms with van der Waals surface area (Å²) in [6.07, 6.45) is 6.08. The molecular weight excluding hydrogens is 318 g/mol. The van der Waals surface area contributed by atoms with Crippen molar-refractivity contribution in [2.45, 2.75) is 31.8 Å². The van der Waals surface area contributed by atoms with Gasteiger partial charge in [0.1, 0.15) is 0 Å². The van der Waals surface area contributed by atoms with Crippen molar-refractivity contribution in [3.05, 3.63) is 47.6 Å². The van der Waals surface area contributed by atoms with E-state index in [2.05, 4.69) is 49.8 Å². The zero-order chi connectivity index (χ0) is 16.4. The Bertz CT molecular complexity index is 803. The Morgan fingerprint density at radius 1 is 1.38 bits per heavy atom. The van der Waals surface area contributed by atoms with E-state index >= 15 is 0 Å². The number of anilines is 1. The summed E-state index contributed by atoms with van der Waals surface area (Å²) >= 11 is 1.75. The van der Waals surface area contributed by atoms with Gasteiger partial charge in [-0.2, -0.15) is 5.10 Å². The van der Waals surface area contributed by atoms with E-state index in [9.17, 15) is 0 Å². The van der Waals surface area contributed by atoms with Crippen molar-refractivity contribution < 1.29 is 0 Å². The molecule has 1 N–H and O–H groups in total. The number of aromatic nitrogens is 3. The molecule has 24 heavy (non-hydrogen) atoms. The van der Waals surface area contributed by atoms with E-state index in [1.165, 1.54) is 23.1 Å². The molecular formula is C18H21N5S. The van der Waals surface area contributed by atoms with Gasteiger partial charge in [0.25, 0.3) is 0 Å². The highest BCUT2D eigenvalue weighted by Crippen LogP contribution is 2.24. The first-order chi connectivity index (χ1) is 11.8. The number of thiophene rings is 1. The number of nitrogens with zero attached hydrogens (tertiary/aromatic N) is 4. The highest BCUT2D eigenvalue weighted by molar-refractivity contribution is 7.17. The Balaban J connectivity index is 1.44. The highest BCUT2D eigenvalue weighted by Gasteiger charge is 2.22. The van der Waals surface area contributed by atoms with E-state index in [0.717, 1.165) is 24.4 Å². The first-order valence-electron chi connectivity index (χ1n) is 8.41. The standard InChI is InChI=1S/C18H21N5S/c1-13(14-10-17-16(19-11-14)6-9-24-17)21-15-4-3-8-23(12-15)18-5-2-7-20-22-18/h2,5-7,9-11,13,15,21H,3-4,8,12H2,1H3/t13-,15-/m1/s1. The van der Waals surface area contributed by atoms with Crippen molar-refractivity contribution in [1.29, 1.82) is 0 Å². The number of hydrogen-bond acceptors (Lipinski definition) is 6. The molecule has 0 spiro atoms. The van der Waals surface area contributed by atoms with E-state index in [1.54, 1.807) is 17.5 Å². The lowest BCUT2D eigenvalue weighted by Gasteiger charge is -2.35. The molecule has 0 radical (unpaired) electrons. The predicted octanol–water partition coefficient (Wildman–Crippen LogP) is 3.41. The summed E-state index contributed by atoms with van der Waals surface area (Å²) in [6.45, 7) is 4.24. The van der Waals surface area contributed by atoms with Crippen molar-refractivity contribution in [2.24, 2.45) is 0 Å². The van der Waals surface area contributed by atoms with Crippen LogP contribution < -0.4 is 10.2 Å². The van der Waals surface area contributed by atoms with Gasteiger partial charge in [-0.1, -0.05) is 0 Å². The van der Waals surface area contributed by atoms with Crippen LogP contribution in [0.5, 0.6) is 0 Å². The normalized spacial score (nSPS) is 19.5. The van der Waals surface area contributed by atoms with E-state index in [1.807, 2.05) is 18.3 Å². The molecule has 0 unspecified atom stereocenters. The molecule has 1 saturated heterocycles. The summed E-state index contributed by atoms with van der Waals surface area (Å²) < 4.78 is 1.26. The molecule has 124 valence electrons. The lowest BCUT2D eigenvalue weighted by Crippen LogP contribution is -2.46. The van der Waals surface area contributed by atoms with Gasteiger partial charge < -0.3 is 10.2 Å². The minimum atomic E-state index is 0.288. The van der Waals surface area contributed by atoms with Crippen molar-refractivity contribution in [3.63, 3.8) is 0 Å². The second kappa shape index (κ2) is 6.83. The van der Waals surface area contributed by atoms with Gasteiger partial charge >= 0.3 is 0 Å². The van der Waals surface area contributed by atoms with E-state index in [0.29, 0.717) is 6.04 Å². The summed E-state index contributed by atoms with van der Waals surface area (Å²) in [5.74, 6) is 0.971. The average Bonchev–Trinajstić information content (AvgIpc) is 3.10. The van der Waals surface area contributed by atoms with Crippen LogP contribution >= 0.6 is 11.3 Å². The summed E-state index contributed by atoms with van der Waals surface area (Å²) in [7, 11) is 0. The van der Waals surface area contributed by atoms with Crippen molar-refractivity contribution in [3.8, 4) is 0 Å². The molecule has 1 aliphatic rings. The van der Waals surface area contributed by atoms with Crippen LogP contribution in [0.3, 0.4) is 0 Å². The summed E-state index contributed by atoms with van der Waals surface area (Å²) in [6, 6.07) is 9.05. The monoisotopic (exact) mass is 339 g/mol. The quantitative estimate of drug-likeness (QED) is 0.789. The van der Waals surface area contributed by atoms with Gasteiger partial charge in [-0.15, -0.1) is 16.4 Å². The topological polar surface area (TPSA) is 53.9 Å². The number of hydrogen-bond donors (Lipinski definition) is 1. The number of rotatable bonds is 4. The Morgan fingerprint density at radius 2 is 2.33 bits per heavy atom. The van der Waals surface area contributed by atoms with Crippen molar-refractivity contribution in [2.75, 3.05) is 18.0 Å². The molecule has 3 aromatic rings. The third-order valence-electron chi connectivity index (χ3n) is 4.61. The van der Waals surface area contributed by atoms with E-state index in [-0.39, 0.29) is 6.04 Å². The number of nitrogens with one attached hydrogen (secondary N) is 1. The van der Waals surface area contributed by atoms with Gasteiger partial charge in [0.05, 0.1) is 10.2 Å². The fourth-order valence-corrected chi connectivity index (χ4v) is 4.12. The molecule has 0 aromatic carbocycles. The molecule has 5 nitrogen and oxygen atoms in total. The fourth-order valence-electron chi connectivity index (χ4n) is 3.33. The average molecular weight is 339 g/mol. The summed E-state index contributed by atoms with van der Waals surface area (Å²) in [4.78, 5) is 6.88. The third-order valence-corrected chi connectivity index (χ3v) is 5.47. The van der Waals surface area contributed by atoms with Gasteiger partial charge in [-0.3, -0.25) is 4.98 Å². The molecule has 6 heteroatoms. The first kappa shape index (κ1) is 15.5. The third kappa shape index (κ3) is 3.25. The van der Waals surface area contributed by atoms with Gasteiger partial charge in [-0.05, 0) is 55.0 Å². The zero-order valence-electron chi connectivity index (χ0n) is 13.7. The van der Waals surface area contributed by atoms with Gasteiger partial charge in [0, 0.05) is 37.6 Å². The molecule has 2 atom stereocenters. The highest BCUT2D eigenvalue weighted by atomic mass is 32.1. The van der Waals surface area contributed by atoms with Crippen LogP contribution in [0, 0.1) is 0 Å². The maximum absolute atomic E-state index is 4.56. The molecule has 0 bridgehead atoms. The molecule has 1 aliphatic heterocycles. The predicted molar refractivity (Wildman–Crippen MR) is 98.4 cm³/mol. The fraction of sp³-hybridized carbons (Fsp3) is 0.389. The molecule has 0 amide bonds. The van der Waals surface area contributed by atoms with Gasteiger partial charge in [0.15, 0.2) is 5.82 Å². The van der Waals surface area contributed by atoms with Crippen LogP contribution in [0.4, 0.5) is 5.82 Å². The summed E-state index contributed by atoms with van der Waals surface area (Å²) in [5, 5.41) is 14.1. The Labute approximate surface area is 145 Å². The Hall–Kier alpha value is -2.05. The van der Waals surface area contributed by atoms with Crippen LogP contribution in [0.1, 0.15) is 31.4 Å². The van der Waals surface area contributed by atoms with Crippen LogP contribution in [0.15, 0.2) is 42.0 Å². The largest absolute Gasteiger partial charge is 0.354 e. The second-order valence-electron chi connectivity index (χ2n) is 6.33. The summed E-state index contributed by atoms with van der Waals surface area (Å²) in [5.41, 5.74) is 2.34. The van der Waals surface area contributed by atoms with Gasteiger partial charge in [0.2, 0.25) is 0 Å². The maximum Gasteiger partial charge on any atom is 0.151 e. The first-order valence-corrected chi connectivity index (χ1v) is 9.29. The molecule has 3 aromatic heterocycles. The molecule has 4 rings (SSSR count). The van der Waals surface area contributed by atoms with Crippen LogP contribution in [0.25, 0.3) is 10.2 Å². The van der Waals surface area contributed by atoms with E-state index < -0.39 is 0 Å².